The number of nitrogens with one attached hydrogen (secondary N) is 1. The van der Waals surface area contributed by atoms with Gasteiger partial charge in [0.1, 0.15) is 0 Å². The molecule has 1 unspecified atom stereocenters. The predicted octanol–water partition coefficient (Wildman–Crippen LogP) is 1.81. The maximum absolute atomic E-state index is 11.9. The summed E-state index contributed by atoms with van der Waals surface area (Å²) >= 11 is 5.00. The average molecular weight is 205 g/mol. The van der Waals surface area contributed by atoms with Crippen molar-refractivity contribution in [3.05, 3.63) is 35.9 Å². The van der Waals surface area contributed by atoms with Crippen LogP contribution >= 0.6 is 12.2 Å². The molecule has 0 radical (unpaired) electrons. The topological polar surface area (TPSA) is 29.1 Å². The fourth-order valence-corrected chi connectivity index (χ4v) is 1.91. The molecule has 0 aliphatic carbocycles. The molecule has 72 valence electrons. The zero-order valence-corrected chi connectivity index (χ0v) is 8.51. The number of carbonyl (C=O) groups is 1. The smallest absolute Gasteiger partial charge is 0.168 e. The molecule has 1 aromatic rings. The second-order valence-corrected chi connectivity index (χ2v) is 3.93. The number of hydrogen-bond donors (Lipinski definition) is 1. The van der Waals surface area contributed by atoms with Crippen LogP contribution in [0.3, 0.4) is 0 Å². The first-order valence-electron chi connectivity index (χ1n) is 4.63. The van der Waals surface area contributed by atoms with E-state index in [4.69, 9.17) is 12.2 Å². The standard InChI is InChI=1S/C11H11NOS/c13-11(8-4-2-1-3-5-8)9-6-10(14)12-7-9/h1-5,9H,6-7H2,(H,12,14). The summed E-state index contributed by atoms with van der Waals surface area (Å²) in [4.78, 5) is 12.7. The van der Waals surface area contributed by atoms with Crippen LogP contribution in [-0.4, -0.2) is 17.3 Å². The van der Waals surface area contributed by atoms with E-state index in [1.165, 1.54) is 0 Å². The van der Waals surface area contributed by atoms with E-state index >= 15 is 0 Å². The van der Waals surface area contributed by atoms with Gasteiger partial charge in [-0.3, -0.25) is 4.79 Å². The molecular formula is C11H11NOS. The van der Waals surface area contributed by atoms with Gasteiger partial charge in [0.2, 0.25) is 0 Å². The van der Waals surface area contributed by atoms with Crippen molar-refractivity contribution in [2.24, 2.45) is 5.92 Å². The molecule has 1 heterocycles. The Kier molecular flexibility index (Phi) is 2.59. The van der Waals surface area contributed by atoms with Crippen molar-refractivity contribution >= 4 is 23.0 Å². The predicted molar refractivity (Wildman–Crippen MR) is 59.5 cm³/mol. The van der Waals surface area contributed by atoms with Crippen LogP contribution in [-0.2, 0) is 0 Å². The molecule has 1 fully saturated rings. The minimum Gasteiger partial charge on any atom is -0.379 e. The van der Waals surface area contributed by atoms with Gasteiger partial charge >= 0.3 is 0 Å². The van der Waals surface area contributed by atoms with Crippen LogP contribution in [0.15, 0.2) is 30.3 Å². The summed E-state index contributed by atoms with van der Waals surface area (Å²) < 4.78 is 0. The van der Waals surface area contributed by atoms with Crippen LogP contribution in [0.5, 0.6) is 0 Å². The first-order valence-corrected chi connectivity index (χ1v) is 5.04. The van der Waals surface area contributed by atoms with E-state index in [-0.39, 0.29) is 11.7 Å². The van der Waals surface area contributed by atoms with Crippen molar-refractivity contribution in [1.29, 1.82) is 0 Å². The van der Waals surface area contributed by atoms with E-state index in [1.54, 1.807) is 0 Å². The largest absolute Gasteiger partial charge is 0.379 e. The van der Waals surface area contributed by atoms with E-state index in [2.05, 4.69) is 5.32 Å². The molecule has 3 heteroatoms. The van der Waals surface area contributed by atoms with Gasteiger partial charge in [-0.2, -0.15) is 0 Å². The number of carbonyl (C=O) groups excluding carboxylic acids is 1. The van der Waals surface area contributed by atoms with Crippen molar-refractivity contribution < 1.29 is 4.79 Å². The lowest BCUT2D eigenvalue weighted by atomic mass is 9.97. The third kappa shape index (κ3) is 1.82. The summed E-state index contributed by atoms with van der Waals surface area (Å²) in [5, 5.41) is 3.03. The lowest BCUT2D eigenvalue weighted by Crippen LogP contribution is -2.18. The van der Waals surface area contributed by atoms with Gasteiger partial charge in [-0.1, -0.05) is 42.5 Å². The number of rotatable bonds is 2. The molecular weight excluding hydrogens is 194 g/mol. The van der Waals surface area contributed by atoms with Crippen LogP contribution in [0, 0.1) is 5.92 Å². The highest BCUT2D eigenvalue weighted by Crippen LogP contribution is 2.16. The van der Waals surface area contributed by atoms with Crippen LogP contribution in [0.25, 0.3) is 0 Å². The van der Waals surface area contributed by atoms with Gasteiger partial charge in [0.25, 0.3) is 0 Å². The third-order valence-electron chi connectivity index (χ3n) is 2.41. The molecule has 14 heavy (non-hydrogen) atoms. The summed E-state index contributed by atoms with van der Waals surface area (Å²) in [5.74, 6) is 0.225. The second-order valence-electron chi connectivity index (χ2n) is 3.44. The number of ketones is 1. The van der Waals surface area contributed by atoms with Gasteiger partial charge in [-0.15, -0.1) is 0 Å². The summed E-state index contributed by atoms with van der Waals surface area (Å²) in [5.41, 5.74) is 0.781. The molecule has 0 spiro atoms. The summed E-state index contributed by atoms with van der Waals surface area (Å²) in [7, 11) is 0. The summed E-state index contributed by atoms with van der Waals surface area (Å²) in [6.07, 6.45) is 0.697. The average Bonchev–Trinajstić information content (AvgIpc) is 2.65. The normalized spacial score (nSPS) is 20.6. The maximum atomic E-state index is 11.9. The number of Topliss-reactive ketones (excluding diaryl/α,β-unsaturated/α-hetero) is 1. The van der Waals surface area contributed by atoms with Crippen molar-refractivity contribution in [2.75, 3.05) is 6.54 Å². The highest BCUT2D eigenvalue weighted by atomic mass is 32.1. The third-order valence-corrected chi connectivity index (χ3v) is 2.72. The highest BCUT2D eigenvalue weighted by molar-refractivity contribution is 7.80. The minimum atomic E-state index is 0.0323. The van der Waals surface area contributed by atoms with Gasteiger partial charge in [0.15, 0.2) is 5.78 Å². The lowest BCUT2D eigenvalue weighted by Gasteiger charge is -2.05. The van der Waals surface area contributed by atoms with Crippen molar-refractivity contribution in [1.82, 2.24) is 5.32 Å². The van der Waals surface area contributed by atoms with E-state index < -0.39 is 0 Å². The van der Waals surface area contributed by atoms with Crippen molar-refractivity contribution in [3.63, 3.8) is 0 Å². The first-order chi connectivity index (χ1) is 6.77. The minimum absolute atomic E-state index is 0.0323. The van der Waals surface area contributed by atoms with Crippen molar-refractivity contribution in [2.45, 2.75) is 6.42 Å². The zero-order valence-electron chi connectivity index (χ0n) is 7.69. The number of benzene rings is 1. The number of thiocarbonyl (C=S) groups is 1. The first kappa shape index (κ1) is 9.34. The molecule has 2 rings (SSSR count). The molecule has 1 N–H and O–H groups in total. The molecule has 1 atom stereocenters. The number of hydrogen-bond acceptors (Lipinski definition) is 2. The quantitative estimate of drug-likeness (QED) is 0.589. The Bertz CT molecular complexity index is 361. The second kappa shape index (κ2) is 3.88. The Morgan fingerprint density at radius 3 is 2.64 bits per heavy atom. The van der Waals surface area contributed by atoms with Crippen molar-refractivity contribution in [3.8, 4) is 0 Å². The fraction of sp³-hybridized carbons (Fsp3) is 0.273. The Morgan fingerprint density at radius 1 is 1.36 bits per heavy atom. The molecule has 1 aliphatic rings. The lowest BCUT2D eigenvalue weighted by molar-refractivity contribution is 0.0932. The van der Waals surface area contributed by atoms with Crippen LogP contribution in [0.2, 0.25) is 0 Å². The van der Waals surface area contributed by atoms with Gasteiger partial charge in [0.05, 0.1) is 4.99 Å². The Labute approximate surface area is 88.3 Å². The molecule has 0 saturated carbocycles. The Balaban J connectivity index is 2.13. The molecule has 0 amide bonds. The van der Waals surface area contributed by atoms with E-state index in [9.17, 15) is 4.79 Å². The van der Waals surface area contributed by atoms with Crippen LogP contribution < -0.4 is 5.32 Å². The molecule has 1 aromatic carbocycles. The molecule has 1 aliphatic heterocycles. The van der Waals surface area contributed by atoms with E-state index in [0.29, 0.717) is 13.0 Å². The summed E-state index contributed by atoms with van der Waals surface area (Å²) in [6.45, 7) is 0.687. The molecule has 0 bridgehead atoms. The molecule has 0 aromatic heterocycles. The van der Waals surface area contributed by atoms with Crippen LogP contribution in [0.1, 0.15) is 16.8 Å². The summed E-state index contributed by atoms with van der Waals surface area (Å²) in [6, 6.07) is 9.38. The van der Waals surface area contributed by atoms with Gasteiger partial charge in [0, 0.05) is 24.4 Å². The zero-order chi connectivity index (χ0) is 9.97. The Hall–Kier alpha value is -1.22. The molecule has 2 nitrogen and oxygen atoms in total. The van der Waals surface area contributed by atoms with E-state index in [0.717, 1.165) is 10.6 Å². The highest BCUT2D eigenvalue weighted by Gasteiger charge is 2.26. The molecule has 1 saturated heterocycles. The van der Waals surface area contributed by atoms with Gasteiger partial charge in [-0.25, -0.2) is 0 Å². The Morgan fingerprint density at radius 2 is 2.07 bits per heavy atom. The van der Waals surface area contributed by atoms with Gasteiger partial charge in [-0.05, 0) is 0 Å². The van der Waals surface area contributed by atoms with E-state index in [1.807, 2.05) is 30.3 Å². The maximum Gasteiger partial charge on any atom is 0.168 e. The van der Waals surface area contributed by atoms with Crippen LogP contribution in [0.4, 0.5) is 0 Å². The fourth-order valence-electron chi connectivity index (χ4n) is 1.63. The monoisotopic (exact) mass is 205 g/mol. The van der Waals surface area contributed by atoms with Gasteiger partial charge < -0.3 is 5.32 Å². The SMILES string of the molecule is O=C(c1ccccc1)C1CNC(=S)C1.